The molecule has 3 N–H and O–H groups in total. The number of anilines is 1. The van der Waals surface area contributed by atoms with Gasteiger partial charge in [0.15, 0.2) is 5.96 Å². The van der Waals surface area contributed by atoms with Gasteiger partial charge >= 0.3 is 0 Å². The van der Waals surface area contributed by atoms with Crippen molar-refractivity contribution in [2.75, 3.05) is 25.5 Å². The van der Waals surface area contributed by atoms with Crippen LogP contribution in [-0.4, -0.2) is 38.2 Å². The summed E-state index contributed by atoms with van der Waals surface area (Å²) < 4.78 is 19.1. The second kappa shape index (κ2) is 10.6. The molecule has 0 radical (unpaired) electrons. The first kappa shape index (κ1) is 20.8. The van der Waals surface area contributed by atoms with Gasteiger partial charge in [0.1, 0.15) is 11.9 Å². The number of ether oxygens (including phenoxy) is 1. The molecule has 1 aliphatic rings. The molecule has 1 aliphatic heterocycles. The molecule has 154 valence electrons. The van der Waals surface area contributed by atoms with Crippen molar-refractivity contribution >= 4 is 17.6 Å². The first-order valence-electron chi connectivity index (χ1n) is 9.85. The molecule has 3 rings (SSSR count). The monoisotopic (exact) mass is 398 g/mol. The molecule has 1 saturated heterocycles. The summed E-state index contributed by atoms with van der Waals surface area (Å²) >= 11 is 0. The number of carbonyl (C=O) groups is 1. The fourth-order valence-electron chi connectivity index (χ4n) is 3.19. The molecule has 6 nitrogen and oxygen atoms in total. The van der Waals surface area contributed by atoms with Crippen molar-refractivity contribution in [3.63, 3.8) is 0 Å². The predicted octanol–water partition coefficient (Wildman–Crippen LogP) is 2.85. The SMILES string of the molecule is CN=C(NCCc1ccccc1F)NCc1cccc(NC(=O)C2CCCO2)c1. The molecule has 1 unspecified atom stereocenters. The van der Waals surface area contributed by atoms with Crippen LogP contribution in [0.15, 0.2) is 53.5 Å². The number of hydrogen-bond acceptors (Lipinski definition) is 3. The van der Waals surface area contributed by atoms with Crippen LogP contribution in [0, 0.1) is 5.82 Å². The highest BCUT2D eigenvalue weighted by atomic mass is 19.1. The van der Waals surface area contributed by atoms with Crippen LogP contribution in [0.2, 0.25) is 0 Å². The Morgan fingerprint density at radius 2 is 2.07 bits per heavy atom. The summed E-state index contributed by atoms with van der Waals surface area (Å²) in [4.78, 5) is 16.4. The lowest BCUT2D eigenvalue weighted by molar-refractivity contribution is -0.124. The Bertz CT molecular complexity index is 850. The third kappa shape index (κ3) is 6.29. The number of carbonyl (C=O) groups excluding carboxylic acids is 1. The first-order valence-corrected chi connectivity index (χ1v) is 9.85. The van der Waals surface area contributed by atoms with Gasteiger partial charge in [0, 0.05) is 32.4 Å². The largest absolute Gasteiger partial charge is 0.368 e. The maximum atomic E-state index is 13.7. The lowest BCUT2D eigenvalue weighted by atomic mass is 10.1. The van der Waals surface area contributed by atoms with Crippen molar-refractivity contribution in [2.45, 2.75) is 31.9 Å². The van der Waals surface area contributed by atoms with Crippen LogP contribution < -0.4 is 16.0 Å². The highest BCUT2D eigenvalue weighted by Crippen LogP contribution is 2.16. The number of aliphatic imine (C=N–C) groups is 1. The van der Waals surface area contributed by atoms with E-state index in [0.29, 0.717) is 37.6 Å². The average Bonchev–Trinajstić information content (AvgIpc) is 3.27. The van der Waals surface area contributed by atoms with Crippen molar-refractivity contribution in [3.8, 4) is 0 Å². The summed E-state index contributed by atoms with van der Waals surface area (Å²) in [6.07, 6.45) is 1.90. The van der Waals surface area contributed by atoms with E-state index in [1.54, 1.807) is 19.2 Å². The van der Waals surface area contributed by atoms with E-state index in [4.69, 9.17) is 4.74 Å². The fourth-order valence-corrected chi connectivity index (χ4v) is 3.19. The van der Waals surface area contributed by atoms with Crippen molar-refractivity contribution in [1.29, 1.82) is 0 Å². The van der Waals surface area contributed by atoms with E-state index in [9.17, 15) is 9.18 Å². The molecule has 0 saturated carbocycles. The number of benzene rings is 2. The maximum absolute atomic E-state index is 13.7. The Balaban J connectivity index is 1.46. The highest BCUT2D eigenvalue weighted by Gasteiger charge is 2.23. The standard InChI is InChI=1S/C22H27FN4O2/c1-24-22(25-12-11-17-7-2-3-9-19(17)23)26-15-16-6-4-8-18(14-16)27-21(28)20-10-5-13-29-20/h2-4,6-9,14,20H,5,10-13,15H2,1H3,(H,27,28)(H2,24,25,26). The molecule has 29 heavy (non-hydrogen) atoms. The molecule has 2 aromatic rings. The van der Waals surface area contributed by atoms with Crippen LogP contribution in [0.4, 0.5) is 10.1 Å². The van der Waals surface area contributed by atoms with Gasteiger partial charge in [-0.2, -0.15) is 0 Å². The number of amides is 1. The predicted molar refractivity (Wildman–Crippen MR) is 112 cm³/mol. The van der Waals surface area contributed by atoms with E-state index in [-0.39, 0.29) is 17.8 Å². The Morgan fingerprint density at radius 1 is 1.21 bits per heavy atom. The zero-order valence-electron chi connectivity index (χ0n) is 16.6. The van der Waals surface area contributed by atoms with Gasteiger partial charge in [0.25, 0.3) is 5.91 Å². The third-order valence-electron chi connectivity index (χ3n) is 4.74. The number of rotatable bonds is 7. The van der Waals surface area contributed by atoms with Crippen molar-refractivity contribution in [1.82, 2.24) is 10.6 Å². The molecule has 0 bridgehead atoms. The van der Waals surface area contributed by atoms with E-state index >= 15 is 0 Å². The second-order valence-electron chi connectivity index (χ2n) is 6.89. The van der Waals surface area contributed by atoms with Crippen molar-refractivity contribution < 1.29 is 13.9 Å². The molecule has 1 heterocycles. The summed E-state index contributed by atoms with van der Waals surface area (Å²) in [5, 5.41) is 9.33. The maximum Gasteiger partial charge on any atom is 0.253 e. The van der Waals surface area contributed by atoms with Gasteiger partial charge in [-0.15, -0.1) is 0 Å². The van der Waals surface area contributed by atoms with E-state index in [2.05, 4.69) is 20.9 Å². The Morgan fingerprint density at radius 3 is 2.83 bits per heavy atom. The van der Waals surface area contributed by atoms with E-state index in [1.807, 2.05) is 30.3 Å². The number of guanidine groups is 1. The van der Waals surface area contributed by atoms with Crippen molar-refractivity contribution in [3.05, 3.63) is 65.5 Å². The van der Waals surface area contributed by atoms with E-state index in [0.717, 1.165) is 24.1 Å². The summed E-state index contributed by atoms with van der Waals surface area (Å²) in [7, 11) is 1.69. The van der Waals surface area contributed by atoms with Crippen LogP contribution in [0.5, 0.6) is 0 Å². The molecule has 0 spiro atoms. The van der Waals surface area contributed by atoms with Gasteiger partial charge in [0.05, 0.1) is 0 Å². The quantitative estimate of drug-likeness (QED) is 0.495. The lowest BCUT2D eigenvalue weighted by Gasteiger charge is -2.14. The lowest BCUT2D eigenvalue weighted by Crippen LogP contribution is -2.37. The van der Waals surface area contributed by atoms with Crippen molar-refractivity contribution in [2.24, 2.45) is 4.99 Å². The van der Waals surface area contributed by atoms with Gasteiger partial charge in [-0.05, 0) is 48.6 Å². The minimum atomic E-state index is -0.353. The summed E-state index contributed by atoms with van der Waals surface area (Å²) in [6, 6.07) is 14.4. The third-order valence-corrected chi connectivity index (χ3v) is 4.74. The zero-order valence-corrected chi connectivity index (χ0v) is 16.6. The molecule has 0 aliphatic carbocycles. The minimum Gasteiger partial charge on any atom is -0.368 e. The average molecular weight is 398 g/mol. The van der Waals surface area contributed by atoms with Gasteiger partial charge in [0.2, 0.25) is 0 Å². The van der Waals surface area contributed by atoms with Crippen LogP contribution in [0.1, 0.15) is 24.0 Å². The summed E-state index contributed by atoms with van der Waals surface area (Å²) in [5.74, 6) is 0.340. The Kier molecular flexibility index (Phi) is 7.58. The number of halogens is 1. The number of nitrogens with one attached hydrogen (secondary N) is 3. The molecule has 1 fully saturated rings. The molecule has 7 heteroatoms. The van der Waals surface area contributed by atoms with Crippen LogP contribution in [-0.2, 0) is 22.5 Å². The van der Waals surface area contributed by atoms with Crippen LogP contribution in [0.25, 0.3) is 0 Å². The van der Waals surface area contributed by atoms with E-state index < -0.39 is 0 Å². The molecule has 1 amide bonds. The second-order valence-corrected chi connectivity index (χ2v) is 6.89. The first-order chi connectivity index (χ1) is 14.2. The number of nitrogens with zero attached hydrogens (tertiary/aromatic N) is 1. The van der Waals surface area contributed by atoms with Gasteiger partial charge in [-0.3, -0.25) is 9.79 Å². The summed E-state index contributed by atoms with van der Waals surface area (Å²) in [6.45, 7) is 1.76. The Labute approximate surface area is 170 Å². The van der Waals surface area contributed by atoms with Crippen LogP contribution in [0.3, 0.4) is 0 Å². The number of hydrogen-bond donors (Lipinski definition) is 3. The van der Waals surface area contributed by atoms with Gasteiger partial charge in [-0.25, -0.2) is 4.39 Å². The highest BCUT2D eigenvalue weighted by molar-refractivity contribution is 5.94. The minimum absolute atomic E-state index is 0.0989. The molecule has 0 aromatic heterocycles. The van der Waals surface area contributed by atoms with Gasteiger partial charge < -0.3 is 20.7 Å². The zero-order chi connectivity index (χ0) is 20.5. The molecular weight excluding hydrogens is 371 g/mol. The van der Waals surface area contributed by atoms with E-state index in [1.165, 1.54) is 6.07 Å². The fraction of sp³-hybridized carbons (Fsp3) is 0.364. The Hall–Kier alpha value is -2.93. The van der Waals surface area contributed by atoms with Crippen LogP contribution >= 0.6 is 0 Å². The topological polar surface area (TPSA) is 74.8 Å². The summed E-state index contributed by atoms with van der Waals surface area (Å²) in [5.41, 5.74) is 2.42. The smallest absolute Gasteiger partial charge is 0.253 e. The van der Waals surface area contributed by atoms with Gasteiger partial charge in [-0.1, -0.05) is 30.3 Å². The molecular formula is C22H27FN4O2. The normalized spacial score (nSPS) is 16.5. The molecule has 2 aromatic carbocycles. The molecule has 1 atom stereocenters.